The van der Waals surface area contributed by atoms with Gasteiger partial charge in [0.2, 0.25) is 11.9 Å². The molecule has 0 bridgehead atoms. The summed E-state index contributed by atoms with van der Waals surface area (Å²) in [5, 5.41) is 12.3. The van der Waals surface area contributed by atoms with Crippen LogP contribution in [0.15, 0.2) is 23.4 Å². The van der Waals surface area contributed by atoms with Gasteiger partial charge in [-0.05, 0) is 24.6 Å². The van der Waals surface area contributed by atoms with E-state index >= 15 is 0 Å². The molecule has 1 aliphatic heterocycles. The fraction of sp³-hybridized carbons (Fsp3) is 0.526. The minimum Gasteiger partial charge on any atom is -0.493 e. The van der Waals surface area contributed by atoms with Crippen LogP contribution >= 0.6 is 11.8 Å². The molecule has 2 aromatic rings. The number of hydrogen-bond donors (Lipinski definition) is 1. The van der Waals surface area contributed by atoms with Crippen LogP contribution in [0.4, 0.5) is 5.95 Å². The Kier molecular flexibility index (Phi) is 7.59. The molecule has 0 unspecified atom stereocenters. The minimum atomic E-state index is -0.0663. The number of hydrogen-bond acceptors (Lipinski definition) is 8. The molecule has 1 saturated heterocycles. The van der Waals surface area contributed by atoms with E-state index in [0.717, 1.165) is 36.3 Å². The van der Waals surface area contributed by atoms with Crippen LogP contribution in [0.1, 0.15) is 12.5 Å². The molecular formula is C19H27N5O4S. The van der Waals surface area contributed by atoms with Crippen molar-refractivity contribution < 1.29 is 19.0 Å². The Morgan fingerprint density at radius 3 is 2.66 bits per heavy atom. The molecular weight excluding hydrogens is 394 g/mol. The van der Waals surface area contributed by atoms with Crippen molar-refractivity contribution in [2.75, 3.05) is 51.2 Å². The van der Waals surface area contributed by atoms with Crippen LogP contribution < -0.4 is 19.7 Å². The molecule has 0 atom stereocenters. The highest BCUT2D eigenvalue weighted by Crippen LogP contribution is 2.27. The lowest BCUT2D eigenvalue weighted by atomic mass is 10.2. The molecule has 1 aromatic heterocycles. The quantitative estimate of drug-likeness (QED) is 0.610. The number of nitrogens with one attached hydrogen (secondary N) is 1. The Morgan fingerprint density at radius 1 is 1.21 bits per heavy atom. The third-order valence-electron chi connectivity index (χ3n) is 4.58. The fourth-order valence-corrected chi connectivity index (χ4v) is 3.86. The molecule has 0 aliphatic carbocycles. The molecule has 0 radical (unpaired) electrons. The van der Waals surface area contributed by atoms with Gasteiger partial charge in [0.1, 0.15) is 0 Å². The number of benzene rings is 1. The Bertz CT molecular complexity index is 823. The summed E-state index contributed by atoms with van der Waals surface area (Å²) >= 11 is 1.39. The predicted molar refractivity (Wildman–Crippen MR) is 111 cm³/mol. The van der Waals surface area contributed by atoms with Crippen LogP contribution in [0.3, 0.4) is 0 Å². The Morgan fingerprint density at radius 2 is 1.97 bits per heavy atom. The zero-order chi connectivity index (χ0) is 20.6. The smallest absolute Gasteiger partial charge is 0.230 e. The number of carbonyl (C=O) groups is 1. The van der Waals surface area contributed by atoms with Gasteiger partial charge in [0.15, 0.2) is 16.7 Å². The zero-order valence-corrected chi connectivity index (χ0v) is 17.8. The maximum atomic E-state index is 12.3. The van der Waals surface area contributed by atoms with E-state index in [0.29, 0.717) is 31.3 Å². The molecule has 1 N–H and O–H groups in total. The summed E-state index contributed by atoms with van der Waals surface area (Å²) in [6.45, 7) is 6.20. The summed E-state index contributed by atoms with van der Waals surface area (Å²) in [4.78, 5) is 14.5. The fourth-order valence-electron chi connectivity index (χ4n) is 3.03. The molecule has 29 heavy (non-hydrogen) atoms. The molecule has 3 rings (SSSR count). The summed E-state index contributed by atoms with van der Waals surface area (Å²) in [5.41, 5.74) is 0.937. The van der Waals surface area contributed by atoms with Crippen LogP contribution in [-0.2, 0) is 22.6 Å². The van der Waals surface area contributed by atoms with Gasteiger partial charge in [0, 0.05) is 26.2 Å². The molecule has 0 saturated carbocycles. The number of aromatic nitrogens is 3. The summed E-state index contributed by atoms with van der Waals surface area (Å²) in [7, 11) is 3.18. The van der Waals surface area contributed by atoms with Gasteiger partial charge in [0.25, 0.3) is 0 Å². The van der Waals surface area contributed by atoms with Crippen molar-refractivity contribution in [2.24, 2.45) is 0 Å². The van der Waals surface area contributed by atoms with Crippen LogP contribution in [0.2, 0.25) is 0 Å². The zero-order valence-electron chi connectivity index (χ0n) is 17.0. The lowest BCUT2D eigenvalue weighted by Gasteiger charge is -2.27. The van der Waals surface area contributed by atoms with Gasteiger partial charge in [-0.1, -0.05) is 17.8 Å². The summed E-state index contributed by atoms with van der Waals surface area (Å²) in [6.07, 6.45) is 0. The number of anilines is 1. The molecule has 1 aliphatic rings. The number of amides is 1. The van der Waals surface area contributed by atoms with Gasteiger partial charge in [-0.15, -0.1) is 10.2 Å². The summed E-state index contributed by atoms with van der Waals surface area (Å²) in [5.74, 6) is 2.34. The number of ether oxygens (including phenoxy) is 3. The Balaban J connectivity index is 1.53. The number of morpholine rings is 1. The van der Waals surface area contributed by atoms with Crippen LogP contribution in [0.25, 0.3) is 0 Å². The minimum absolute atomic E-state index is 0.0663. The van der Waals surface area contributed by atoms with E-state index in [1.54, 1.807) is 14.2 Å². The van der Waals surface area contributed by atoms with Gasteiger partial charge in [-0.25, -0.2) is 0 Å². The van der Waals surface area contributed by atoms with Crippen LogP contribution in [-0.4, -0.2) is 66.9 Å². The second-order valence-corrected chi connectivity index (χ2v) is 7.32. The van der Waals surface area contributed by atoms with E-state index in [9.17, 15) is 4.79 Å². The molecule has 1 aromatic carbocycles. The Hall–Kier alpha value is -2.46. The Labute approximate surface area is 174 Å². The number of thioether (sulfide) groups is 1. The second kappa shape index (κ2) is 10.4. The largest absolute Gasteiger partial charge is 0.493 e. The number of methoxy groups -OCH3 is 2. The topological polar surface area (TPSA) is 90.7 Å². The second-order valence-electron chi connectivity index (χ2n) is 6.38. The molecule has 10 heteroatoms. The van der Waals surface area contributed by atoms with Gasteiger partial charge in [-0.3, -0.25) is 9.36 Å². The first-order chi connectivity index (χ1) is 14.2. The maximum Gasteiger partial charge on any atom is 0.230 e. The molecule has 9 nitrogen and oxygen atoms in total. The highest BCUT2D eigenvalue weighted by atomic mass is 32.2. The number of nitrogens with zero attached hydrogens (tertiary/aromatic N) is 4. The molecule has 2 heterocycles. The van der Waals surface area contributed by atoms with E-state index < -0.39 is 0 Å². The first-order valence-corrected chi connectivity index (χ1v) is 10.5. The van der Waals surface area contributed by atoms with Crippen molar-refractivity contribution in [3.63, 3.8) is 0 Å². The SMILES string of the molecule is CCn1c(SCC(=O)NCc2ccc(OC)c(OC)c2)nnc1N1CCOCC1. The van der Waals surface area contributed by atoms with Crippen molar-refractivity contribution in [1.82, 2.24) is 20.1 Å². The van der Waals surface area contributed by atoms with Crippen LogP contribution in [0, 0.1) is 0 Å². The highest BCUT2D eigenvalue weighted by molar-refractivity contribution is 7.99. The van der Waals surface area contributed by atoms with Crippen molar-refractivity contribution in [3.05, 3.63) is 23.8 Å². The first kappa shape index (κ1) is 21.3. The molecule has 1 fully saturated rings. The maximum absolute atomic E-state index is 12.3. The molecule has 158 valence electrons. The summed E-state index contributed by atoms with van der Waals surface area (Å²) < 4.78 is 18.0. The predicted octanol–water partition coefficient (Wildman–Crippen LogP) is 1.56. The average Bonchev–Trinajstić information content (AvgIpc) is 3.19. The average molecular weight is 422 g/mol. The lowest BCUT2D eigenvalue weighted by molar-refractivity contribution is -0.118. The van der Waals surface area contributed by atoms with Crippen molar-refractivity contribution in [2.45, 2.75) is 25.2 Å². The van der Waals surface area contributed by atoms with E-state index in [1.807, 2.05) is 22.8 Å². The summed E-state index contributed by atoms with van der Waals surface area (Å²) in [6, 6.07) is 5.58. The van der Waals surface area contributed by atoms with Gasteiger partial charge >= 0.3 is 0 Å². The number of carbonyl (C=O) groups excluding carboxylic acids is 1. The third-order valence-corrected chi connectivity index (χ3v) is 5.54. The van der Waals surface area contributed by atoms with Gasteiger partial charge in [0.05, 0.1) is 33.2 Å². The van der Waals surface area contributed by atoms with E-state index in [1.165, 1.54) is 11.8 Å². The monoisotopic (exact) mass is 421 g/mol. The normalized spacial score (nSPS) is 14.0. The third kappa shape index (κ3) is 5.33. The first-order valence-electron chi connectivity index (χ1n) is 9.52. The molecule has 0 spiro atoms. The molecule has 1 amide bonds. The van der Waals surface area contributed by atoms with Crippen molar-refractivity contribution >= 4 is 23.6 Å². The standard InChI is InChI=1S/C19H27N5O4S/c1-4-24-18(23-7-9-28-10-8-23)21-22-19(24)29-13-17(25)20-12-14-5-6-15(26-2)16(11-14)27-3/h5-6,11H,4,7-10,12-13H2,1-3H3,(H,20,25). The van der Waals surface area contributed by atoms with E-state index in [-0.39, 0.29) is 11.7 Å². The van der Waals surface area contributed by atoms with Crippen molar-refractivity contribution in [3.8, 4) is 11.5 Å². The van der Waals surface area contributed by atoms with Gasteiger partial charge in [-0.2, -0.15) is 0 Å². The number of rotatable bonds is 9. The van der Waals surface area contributed by atoms with Crippen molar-refractivity contribution in [1.29, 1.82) is 0 Å². The lowest BCUT2D eigenvalue weighted by Crippen LogP contribution is -2.38. The van der Waals surface area contributed by atoms with E-state index in [4.69, 9.17) is 14.2 Å². The van der Waals surface area contributed by atoms with Gasteiger partial charge < -0.3 is 24.4 Å². The van der Waals surface area contributed by atoms with E-state index in [2.05, 4.69) is 27.3 Å². The van der Waals surface area contributed by atoms with Crippen LogP contribution in [0.5, 0.6) is 11.5 Å². The highest BCUT2D eigenvalue weighted by Gasteiger charge is 2.20.